The van der Waals surface area contributed by atoms with Gasteiger partial charge < -0.3 is 19.7 Å². The van der Waals surface area contributed by atoms with Gasteiger partial charge in [0.1, 0.15) is 0 Å². The number of carbonyl (C=O) groups is 2. The van der Waals surface area contributed by atoms with Crippen molar-refractivity contribution in [3.8, 4) is 0 Å². The first-order chi connectivity index (χ1) is 13.3. The predicted octanol–water partition coefficient (Wildman–Crippen LogP) is 1.000. The summed E-state index contributed by atoms with van der Waals surface area (Å²) < 4.78 is 5.39. The van der Waals surface area contributed by atoms with Crippen LogP contribution in [0.25, 0.3) is 10.9 Å². The molecular formula is C18H17N3O7. The number of aromatic amines is 1. The second kappa shape index (κ2) is 6.41. The highest BCUT2D eigenvalue weighted by Gasteiger charge is 2.55. The molecular weight excluding hydrogens is 370 g/mol. The van der Waals surface area contributed by atoms with E-state index in [-0.39, 0.29) is 42.3 Å². The first-order valence-corrected chi connectivity index (χ1v) is 8.74. The van der Waals surface area contributed by atoms with Crippen molar-refractivity contribution in [3.05, 3.63) is 50.3 Å². The first-order valence-electron chi connectivity index (χ1n) is 8.74. The minimum absolute atomic E-state index is 0.0123. The first kappa shape index (κ1) is 18.1. The van der Waals surface area contributed by atoms with E-state index in [2.05, 4.69) is 4.98 Å². The zero-order chi connectivity index (χ0) is 20.1. The molecule has 2 aliphatic rings. The van der Waals surface area contributed by atoms with Gasteiger partial charge >= 0.3 is 5.97 Å². The fourth-order valence-corrected chi connectivity index (χ4v) is 4.16. The lowest BCUT2D eigenvalue weighted by molar-refractivity contribution is -0.384. The fraction of sp³-hybridized carbons (Fsp3) is 0.389. The van der Waals surface area contributed by atoms with Gasteiger partial charge in [-0.1, -0.05) is 0 Å². The summed E-state index contributed by atoms with van der Waals surface area (Å²) in [6, 6.07) is 4.95. The molecule has 0 saturated carbocycles. The molecule has 10 heteroatoms. The molecule has 2 aliphatic heterocycles. The molecule has 3 heterocycles. The summed E-state index contributed by atoms with van der Waals surface area (Å²) in [5.41, 5.74) is -1.48. The number of carboxylic acid groups (broad SMARTS) is 1. The maximum absolute atomic E-state index is 13.2. The van der Waals surface area contributed by atoms with E-state index in [0.29, 0.717) is 18.5 Å². The van der Waals surface area contributed by atoms with Gasteiger partial charge in [-0.2, -0.15) is 0 Å². The minimum atomic E-state index is -1.07. The van der Waals surface area contributed by atoms with Crippen molar-refractivity contribution in [1.29, 1.82) is 0 Å². The number of carboxylic acids is 1. The molecule has 28 heavy (non-hydrogen) atoms. The quantitative estimate of drug-likeness (QED) is 0.591. The van der Waals surface area contributed by atoms with Crippen LogP contribution in [-0.4, -0.2) is 58.1 Å². The number of hydrogen-bond acceptors (Lipinski definition) is 6. The van der Waals surface area contributed by atoms with Crippen molar-refractivity contribution >= 4 is 28.5 Å². The number of nitro groups is 1. The van der Waals surface area contributed by atoms with Crippen molar-refractivity contribution in [3.63, 3.8) is 0 Å². The highest BCUT2D eigenvalue weighted by molar-refractivity contribution is 6.06. The van der Waals surface area contributed by atoms with E-state index in [1.54, 1.807) is 0 Å². The lowest BCUT2D eigenvalue weighted by Crippen LogP contribution is -2.45. The average molecular weight is 387 g/mol. The third-order valence-electron chi connectivity index (χ3n) is 5.69. The van der Waals surface area contributed by atoms with Gasteiger partial charge in [0.2, 0.25) is 5.56 Å². The number of aliphatic carboxylic acids is 1. The number of benzene rings is 1. The van der Waals surface area contributed by atoms with Crippen LogP contribution in [0.15, 0.2) is 29.1 Å². The summed E-state index contributed by atoms with van der Waals surface area (Å²) in [7, 11) is 0. The van der Waals surface area contributed by atoms with E-state index < -0.39 is 27.8 Å². The van der Waals surface area contributed by atoms with Crippen LogP contribution in [0.1, 0.15) is 16.8 Å². The van der Waals surface area contributed by atoms with Gasteiger partial charge in [0.05, 0.1) is 22.5 Å². The molecule has 2 aromatic rings. The number of non-ortho nitro benzene ring substituents is 1. The Balaban J connectivity index is 1.77. The van der Waals surface area contributed by atoms with Crippen molar-refractivity contribution in [2.45, 2.75) is 6.42 Å². The number of nitro benzene ring substituents is 1. The van der Waals surface area contributed by atoms with Crippen LogP contribution in [-0.2, 0) is 9.53 Å². The number of aromatic nitrogens is 1. The molecule has 1 aromatic carbocycles. The average Bonchev–Trinajstić information content (AvgIpc) is 3.07. The smallest absolute Gasteiger partial charge is 0.311 e. The Bertz CT molecular complexity index is 1060. The lowest BCUT2D eigenvalue weighted by atomic mass is 9.74. The summed E-state index contributed by atoms with van der Waals surface area (Å²) in [6.45, 7) is 0.759. The molecule has 2 fully saturated rings. The standard InChI is InChI=1S/C18H17N3O7/c22-15-6-13(12-5-11(21(26)27)1-2-14(12)19-15)16(23)20-7-10-8-28-4-3-18(10,9-20)17(24)25/h1-2,5-6,10H,3-4,7-9H2,(H,19,22)(H,24,25)/t10-,18+/m0/s1. The molecule has 1 amide bonds. The van der Waals surface area contributed by atoms with E-state index in [4.69, 9.17) is 4.74 Å². The Kier molecular flexibility index (Phi) is 4.15. The SMILES string of the molecule is O=C(c1cc(=O)[nH]c2ccc([N+](=O)[O-])cc12)N1C[C@H]2COCC[C@@]2(C(=O)O)C1. The maximum Gasteiger partial charge on any atom is 0.311 e. The molecule has 10 nitrogen and oxygen atoms in total. The number of hydrogen-bond donors (Lipinski definition) is 2. The number of rotatable bonds is 3. The molecule has 0 aliphatic carbocycles. The van der Waals surface area contributed by atoms with Gasteiger partial charge in [0.25, 0.3) is 11.6 Å². The topological polar surface area (TPSA) is 143 Å². The van der Waals surface area contributed by atoms with Crippen LogP contribution in [0, 0.1) is 21.4 Å². The van der Waals surface area contributed by atoms with Gasteiger partial charge in [-0.05, 0) is 12.5 Å². The van der Waals surface area contributed by atoms with Crippen molar-refractivity contribution in [1.82, 2.24) is 9.88 Å². The predicted molar refractivity (Wildman–Crippen MR) is 96.1 cm³/mol. The van der Waals surface area contributed by atoms with E-state index in [0.717, 1.165) is 6.07 Å². The number of fused-ring (bicyclic) bond motifs is 2. The Morgan fingerprint density at radius 2 is 2.14 bits per heavy atom. The molecule has 2 N–H and O–H groups in total. The third-order valence-corrected chi connectivity index (χ3v) is 5.69. The van der Waals surface area contributed by atoms with Crippen LogP contribution in [0.4, 0.5) is 5.69 Å². The molecule has 0 unspecified atom stereocenters. The zero-order valence-corrected chi connectivity index (χ0v) is 14.7. The van der Waals surface area contributed by atoms with Crippen LogP contribution < -0.4 is 5.56 Å². The molecule has 146 valence electrons. The van der Waals surface area contributed by atoms with E-state index in [9.17, 15) is 29.6 Å². The van der Waals surface area contributed by atoms with Gasteiger partial charge in [-0.25, -0.2) is 0 Å². The van der Waals surface area contributed by atoms with Crippen LogP contribution >= 0.6 is 0 Å². The Morgan fingerprint density at radius 1 is 1.36 bits per heavy atom. The Morgan fingerprint density at radius 3 is 2.82 bits per heavy atom. The van der Waals surface area contributed by atoms with E-state index in [1.165, 1.54) is 23.1 Å². The Labute approximate surface area is 157 Å². The number of nitrogens with zero attached hydrogens (tertiary/aromatic N) is 2. The summed E-state index contributed by atoms with van der Waals surface area (Å²) in [5, 5.41) is 21.1. The highest BCUT2D eigenvalue weighted by Crippen LogP contribution is 2.43. The number of amides is 1. The number of ether oxygens (including phenoxy) is 1. The van der Waals surface area contributed by atoms with Crippen molar-refractivity contribution in [2.75, 3.05) is 26.3 Å². The van der Waals surface area contributed by atoms with Crippen LogP contribution in [0.3, 0.4) is 0 Å². The zero-order valence-electron chi connectivity index (χ0n) is 14.7. The van der Waals surface area contributed by atoms with Gasteiger partial charge in [0, 0.05) is 54.7 Å². The number of H-pyrrole nitrogens is 1. The highest BCUT2D eigenvalue weighted by atomic mass is 16.6. The monoisotopic (exact) mass is 387 g/mol. The normalized spacial score (nSPS) is 24.1. The third kappa shape index (κ3) is 2.73. The number of nitrogens with one attached hydrogen (secondary N) is 1. The summed E-state index contributed by atoms with van der Waals surface area (Å²) in [4.78, 5) is 51.6. The minimum Gasteiger partial charge on any atom is -0.481 e. The summed E-state index contributed by atoms with van der Waals surface area (Å²) in [6.07, 6.45) is 0.304. The molecule has 2 atom stereocenters. The molecule has 0 bridgehead atoms. The number of pyridine rings is 1. The fourth-order valence-electron chi connectivity index (χ4n) is 4.16. The molecule has 2 saturated heterocycles. The van der Waals surface area contributed by atoms with Gasteiger partial charge in [-0.3, -0.25) is 24.5 Å². The van der Waals surface area contributed by atoms with Crippen molar-refractivity contribution < 1.29 is 24.4 Å². The van der Waals surface area contributed by atoms with Crippen molar-refractivity contribution in [2.24, 2.45) is 11.3 Å². The summed E-state index contributed by atoms with van der Waals surface area (Å²) in [5.74, 6) is -1.83. The molecule has 4 rings (SSSR count). The van der Waals surface area contributed by atoms with E-state index in [1.807, 2.05) is 0 Å². The Hall–Kier alpha value is -3.27. The molecule has 1 aromatic heterocycles. The molecule has 0 radical (unpaired) electrons. The van der Waals surface area contributed by atoms with E-state index >= 15 is 0 Å². The largest absolute Gasteiger partial charge is 0.481 e. The number of carbonyl (C=O) groups excluding carboxylic acids is 1. The van der Waals surface area contributed by atoms with Gasteiger partial charge in [0.15, 0.2) is 0 Å². The second-order valence-corrected chi connectivity index (χ2v) is 7.20. The van der Waals surface area contributed by atoms with Crippen LogP contribution in [0.2, 0.25) is 0 Å². The lowest BCUT2D eigenvalue weighted by Gasteiger charge is -2.33. The maximum atomic E-state index is 13.2. The summed E-state index contributed by atoms with van der Waals surface area (Å²) >= 11 is 0. The number of likely N-dealkylation sites (tertiary alicyclic amines) is 1. The second-order valence-electron chi connectivity index (χ2n) is 7.20. The van der Waals surface area contributed by atoms with Gasteiger partial charge in [-0.15, -0.1) is 0 Å². The van der Waals surface area contributed by atoms with Crippen LogP contribution in [0.5, 0.6) is 0 Å². The molecule has 0 spiro atoms.